The first-order chi connectivity index (χ1) is 7.25. The molecular formula is C11H14N2O2. The lowest BCUT2D eigenvalue weighted by Gasteiger charge is -2.10. The highest BCUT2D eigenvalue weighted by Crippen LogP contribution is 2.18. The Hall–Kier alpha value is -1.58. The van der Waals surface area contributed by atoms with Crippen molar-refractivity contribution >= 4 is 0 Å². The van der Waals surface area contributed by atoms with E-state index in [9.17, 15) is 4.79 Å². The highest BCUT2D eigenvalue weighted by atomic mass is 16.5. The Kier molecular flexibility index (Phi) is 2.85. The van der Waals surface area contributed by atoms with Crippen LogP contribution in [0.2, 0.25) is 0 Å². The van der Waals surface area contributed by atoms with E-state index >= 15 is 0 Å². The van der Waals surface area contributed by atoms with Crippen molar-refractivity contribution in [1.29, 1.82) is 0 Å². The van der Waals surface area contributed by atoms with Crippen LogP contribution in [0.5, 0.6) is 5.88 Å². The van der Waals surface area contributed by atoms with E-state index in [1.807, 2.05) is 0 Å². The number of nitrogens with zero attached hydrogens (tertiary/aromatic N) is 2. The molecule has 0 spiro atoms. The molecule has 0 saturated heterocycles. The molecule has 1 aromatic heterocycles. The Balaban J connectivity index is 1.93. The quantitative estimate of drug-likeness (QED) is 0.696. The van der Waals surface area contributed by atoms with E-state index in [1.54, 1.807) is 13.1 Å². The van der Waals surface area contributed by atoms with Gasteiger partial charge in [-0.2, -0.15) is 0 Å². The van der Waals surface area contributed by atoms with Gasteiger partial charge in [-0.15, -0.1) is 5.10 Å². The van der Waals surface area contributed by atoms with E-state index in [2.05, 4.69) is 17.3 Å². The van der Waals surface area contributed by atoms with Crippen molar-refractivity contribution in [3.63, 3.8) is 0 Å². The molecule has 0 atom stereocenters. The first kappa shape index (κ1) is 9.96. The molecular weight excluding hydrogens is 192 g/mol. The van der Waals surface area contributed by atoms with Crippen LogP contribution in [0.4, 0.5) is 0 Å². The molecule has 4 heteroatoms. The van der Waals surface area contributed by atoms with Crippen LogP contribution in [0.1, 0.15) is 12.8 Å². The lowest BCUT2D eigenvalue weighted by molar-refractivity contribution is 0.241. The van der Waals surface area contributed by atoms with Crippen molar-refractivity contribution < 1.29 is 4.74 Å². The third kappa shape index (κ3) is 2.46. The van der Waals surface area contributed by atoms with Gasteiger partial charge in [-0.3, -0.25) is 4.79 Å². The van der Waals surface area contributed by atoms with Gasteiger partial charge in [0.25, 0.3) is 5.56 Å². The zero-order valence-corrected chi connectivity index (χ0v) is 8.72. The van der Waals surface area contributed by atoms with Crippen LogP contribution in [0.25, 0.3) is 0 Å². The van der Waals surface area contributed by atoms with Gasteiger partial charge in [0.15, 0.2) is 0 Å². The molecule has 0 unspecified atom stereocenters. The van der Waals surface area contributed by atoms with Crippen LogP contribution in [0, 0.1) is 5.92 Å². The summed E-state index contributed by atoms with van der Waals surface area (Å²) in [5.41, 5.74) is -0.120. The van der Waals surface area contributed by atoms with E-state index < -0.39 is 0 Å². The monoisotopic (exact) mass is 206 g/mol. The van der Waals surface area contributed by atoms with Crippen molar-refractivity contribution in [3.05, 3.63) is 34.6 Å². The summed E-state index contributed by atoms with van der Waals surface area (Å²) in [7, 11) is 1.62. The predicted octanol–water partition coefficient (Wildman–Crippen LogP) is 1.13. The van der Waals surface area contributed by atoms with Crippen molar-refractivity contribution in [1.82, 2.24) is 9.78 Å². The Morgan fingerprint density at radius 3 is 2.87 bits per heavy atom. The van der Waals surface area contributed by atoms with Crippen molar-refractivity contribution in [2.75, 3.05) is 6.61 Å². The molecule has 0 N–H and O–H groups in total. The van der Waals surface area contributed by atoms with Crippen molar-refractivity contribution in [3.8, 4) is 5.88 Å². The Labute approximate surface area is 88.2 Å². The Morgan fingerprint density at radius 2 is 2.20 bits per heavy atom. The molecule has 0 amide bonds. The maximum absolute atomic E-state index is 11.1. The number of rotatable bonds is 3. The highest BCUT2D eigenvalue weighted by molar-refractivity contribution is 5.06. The minimum Gasteiger partial charge on any atom is -0.476 e. The fraction of sp³-hybridized carbons (Fsp3) is 0.455. The van der Waals surface area contributed by atoms with Gasteiger partial charge in [-0.05, 0) is 18.8 Å². The second-order valence-electron chi connectivity index (χ2n) is 3.75. The van der Waals surface area contributed by atoms with Gasteiger partial charge in [-0.25, -0.2) is 4.68 Å². The van der Waals surface area contributed by atoms with Crippen LogP contribution >= 0.6 is 0 Å². The average molecular weight is 206 g/mol. The van der Waals surface area contributed by atoms with Crippen LogP contribution in [-0.2, 0) is 7.05 Å². The normalized spacial score (nSPS) is 15.8. The molecule has 4 nitrogen and oxygen atoms in total. The van der Waals surface area contributed by atoms with Gasteiger partial charge in [0.2, 0.25) is 5.88 Å². The molecule has 1 heterocycles. The van der Waals surface area contributed by atoms with Gasteiger partial charge in [0.1, 0.15) is 0 Å². The molecule has 1 aliphatic carbocycles. The summed E-state index contributed by atoms with van der Waals surface area (Å²) in [6.45, 7) is 0.665. The first-order valence-electron chi connectivity index (χ1n) is 5.08. The lowest BCUT2D eigenvalue weighted by Crippen LogP contribution is -2.19. The van der Waals surface area contributed by atoms with Crippen LogP contribution in [-0.4, -0.2) is 16.4 Å². The molecule has 2 rings (SSSR count). The van der Waals surface area contributed by atoms with E-state index in [0.717, 1.165) is 12.8 Å². The summed E-state index contributed by atoms with van der Waals surface area (Å²) < 4.78 is 6.79. The number of aromatic nitrogens is 2. The van der Waals surface area contributed by atoms with Gasteiger partial charge in [-0.1, -0.05) is 12.2 Å². The smallest absolute Gasteiger partial charge is 0.266 e. The molecule has 15 heavy (non-hydrogen) atoms. The highest BCUT2D eigenvalue weighted by Gasteiger charge is 2.11. The number of ether oxygens (including phenoxy) is 1. The Morgan fingerprint density at radius 1 is 1.47 bits per heavy atom. The fourth-order valence-electron chi connectivity index (χ4n) is 1.57. The topological polar surface area (TPSA) is 44.1 Å². The minimum absolute atomic E-state index is 0.120. The Bertz CT molecular complexity index is 415. The first-order valence-corrected chi connectivity index (χ1v) is 5.08. The van der Waals surface area contributed by atoms with Crippen molar-refractivity contribution in [2.24, 2.45) is 13.0 Å². The van der Waals surface area contributed by atoms with E-state index in [4.69, 9.17) is 4.74 Å². The fourth-order valence-corrected chi connectivity index (χ4v) is 1.57. The summed E-state index contributed by atoms with van der Waals surface area (Å²) in [5, 5.41) is 4.00. The molecule has 80 valence electrons. The SMILES string of the molecule is Cn1nc(OCC2CC=CC2)ccc1=O. The van der Waals surface area contributed by atoms with Gasteiger partial charge in [0, 0.05) is 19.2 Å². The molecule has 0 aromatic carbocycles. The van der Waals surface area contributed by atoms with Crippen molar-refractivity contribution in [2.45, 2.75) is 12.8 Å². The lowest BCUT2D eigenvalue weighted by atomic mass is 10.1. The third-order valence-corrected chi connectivity index (χ3v) is 2.51. The van der Waals surface area contributed by atoms with E-state index in [1.165, 1.54) is 10.7 Å². The minimum atomic E-state index is -0.120. The number of hydrogen-bond donors (Lipinski definition) is 0. The molecule has 1 aliphatic rings. The maximum atomic E-state index is 11.1. The summed E-state index contributed by atoms with van der Waals surface area (Å²) in [6, 6.07) is 3.08. The van der Waals surface area contributed by atoms with E-state index in [-0.39, 0.29) is 5.56 Å². The number of hydrogen-bond acceptors (Lipinski definition) is 3. The zero-order valence-electron chi connectivity index (χ0n) is 8.72. The molecule has 0 fully saturated rings. The molecule has 0 bridgehead atoms. The van der Waals surface area contributed by atoms with Gasteiger partial charge >= 0.3 is 0 Å². The van der Waals surface area contributed by atoms with Gasteiger partial charge in [0.05, 0.1) is 6.61 Å². The summed E-state index contributed by atoms with van der Waals surface area (Å²) >= 11 is 0. The van der Waals surface area contributed by atoms with Gasteiger partial charge < -0.3 is 4.74 Å². The third-order valence-electron chi connectivity index (χ3n) is 2.51. The standard InChI is InChI=1S/C11H14N2O2/c1-13-11(14)7-6-10(12-13)15-8-9-4-2-3-5-9/h2-3,6-7,9H,4-5,8H2,1H3. The summed E-state index contributed by atoms with van der Waals surface area (Å²) in [5.74, 6) is 1.08. The second kappa shape index (κ2) is 4.29. The molecule has 0 radical (unpaired) electrons. The van der Waals surface area contributed by atoms with Crippen LogP contribution < -0.4 is 10.3 Å². The predicted molar refractivity (Wildman–Crippen MR) is 56.8 cm³/mol. The van der Waals surface area contributed by atoms with Crippen LogP contribution in [0.15, 0.2) is 29.1 Å². The number of aryl methyl sites for hydroxylation is 1. The average Bonchev–Trinajstić information content (AvgIpc) is 2.73. The molecule has 1 aromatic rings. The summed E-state index contributed by atoms with van der Waals surface area (Å²) in [6.07, 6.45) is 6.49. The number of allylic oxidation sites excluding steroid dienone is 2. The largest absolute Gasteiger partial charge is 0.476 e. The zero-order chi connectivity index (χ0) is 10.7. The molecule has 0 saturated carbocycles. The van der Waals surface area contributed by atoms with E-state index in [0.29, 0.717) is 18.4 Å². The molecule has 0 aliphatic heterocycles. The maximum Gasteiger partial charge on any atom is 0.266 e. The van der Waals surface area contributed by atoms with Crippen LogP contribution in [0.3, 0.4) is 0 Å². The summed E-state index contributed by atoms with van der Waals surface area (Å²) in [4.78, 5) is 11.1. The second-order valence-corrected chi connectivity index (χ2v) is 3.75.